The van der Waals surface area contributed by atoms with Crippen molar-refractivity contribution in [2.75, 3.05) is 11.9 Å². The molecule has 5 nitrogen and oxygen atoms in total. The number of nitrogens with one attached hydrogen (secondary N) is 1. The normalized spacial score (nSPS) is 13.2. The minimum atomic E-state index is -0.902. The number of benzene rings is 1. The van der Waals surface area contributed by atoms with Crippen LogP contribution in [0.2, 0.25) is 0 Å². The summed E-state index contributed by atoms with van der Waals surface area (Å²) in [5.41, 5.74) is 1.30. The number of aryl methyl sites for hydroxylation is 1. The topological polar surface area (TPSA) is 79.2 Å². The van der Waals surface area contributed by atoms with Gasteiger partial charge in [-0.3, -0.25) is 4.79 Å². The Morgan fingerprint density at radius 2 is 2.00 bits per heavy atom. The lowest BCUT2D eigenvalue weighted by Crippen LogP contribution is -2.21. The van der Waals surface area contributed by atoms with Crippen LogP contribution in [0.15, 0.2) is 24.3 Å². The fourth-order valence-electron chi connectivity index (χ4n) is 2.95. The van der Waals surface area contributed by atoms with E-state index in [9.17, 15) is 19.2 Å². The lowest BCUT2D eigenvalue weighted by Gasteiger charge is -2.06. The van der Waals surface area contributed by atoms with Crippen LogP contribution in [0.1, 0.15) is 45.6 Å². The number of esters is 1. The van der Waals surface area contributed by atoms with E-state index in [4.69, 9.17) is 4.74 Å². The van der Waals surface area contributed by atoms with Gasteiger partial charge in [-0.2, -0.15) is 5.26 Å². The van der Waals surface area contributed by atoms with Crippen LogP contribution < -0.4 is 5.32 Å². The maximum absolute atomic E-state index is 13.5. The molecule has 0 fully saturated rings. The Hall–Kier alpha value is -2.72. The number of nitrogens with zero attached hydrogens (tertiary/aromatic N) is 1. The summed E-state index contributed by atoms with van der Waals surface area (Å²) in [5, 5.41) is 12.6. The molecule has 7 heteroatoms. The average Bonchev–Trinajstić information content (AvgIpc) is 2.79. The zero-order valence-corrected chi connectivity index (χ0v) is 14.8. The molecular formula is C19H17FN2O3S. The van der Waals surface area contributed by atoms with Crippen molar-refractivity contribution < 1.29 is 18.7 Å². The molecular weight excluding hydrogens is 355 g/mol. The molecule has 0 unspecified atom stereocenters. The van der Waals surface area contributed by atoms with Crippen LogP contribution in [-0.2, 0) is 22.4 Å². The van der Waals surface area contributed by atoms with E-state index in [1.54, 1.807) is 0 Å². The molecule has 26 heavy (non-hydrogen) atoms. The molecule has 0 atom stereocenters. The molecule has 0 aliphatic heterocycles. The average molecular weight is 372 g/mol. The molecule has 1 heterocycles. The first-order valence-corrected chi connectivity index (χ1v) is 9.18. The number of hydrogen-bond acceptors (Lipinski definition) is 5. The van der Waals surface area contributed by atoms with E-state index in [0.29, 0.717) is 10.6 Å². The molecule has 1 aromatic carbocycles. The highest BCUT2D eigenvalue weighted by Crippen LogP contribution is 2.36. The number of carbonyl (C=O) groups excluding carboxylic acids is 2. The van der Waals surface area contributed by atoms with Gasteiger partial charge in [0.2, 0.25) is 0 Å². The third-order valence-electron chi connectivity index (χ3n) is 4.21. The van der Waals surface area contributed by atoms with Crippen molar-refractivity contribution >= 4 is 28.2 Å². The van der Waals surface area contributed by atoms with E-state index in [1.165, 1.54) is 29.5 Å². The summed E-state index contributed by atoms with van der Waals surface area (Å²) in [6.45, 7) is -0.541. The quantitative estimate of drug-likeness (QED) is 0.654. The van der Waals surface area contributed by atoms with Crippen molar-refractivity contribution in [1.82, 2.24) is 0 Å². The molecule has 0 spiro atoms. The Morgan fingerprint density at radius 3 is 2.77 bits per heavy atom. The monoisotopic (exact) mass is 372 g/mol. The number of amides is 1. The second kappa shape index (κ2) is 8.11. The number of carbonyl (C=O) groups is 2. The summed E-state index contributed by atoms with van der Waals surface area (Å²) in [6.07, 6.45) is 5.00. The second-order valence-corrected chi connectivity index (χ2v) is 7.09. The van der Waals surface area contributed by atoms with E-state index in [0.717, 1.165) is 48.6 Å². The maximum atomic E-state index is 13.5. The lowest BCUT2D eigenvalue weighted by atomic mass is 10.1. The molecule has 1 aromatic heterocycles. The standard InChI is InChI=1S/C19H17FN2O3S/c20-15-8-5-4-7-13(15)19(24)25-11-17(23)22-18-14(10-21)12-6-2-1-3-9-16(12)26-18/h4-5,7-8H,1-3,6,9,11H2,(H,22,23). The van der Waals surface area contributed by atoms with E-state index in [-0.39, 0.29) is 5.56 Å². The highest BCUT2D eigenvalue weighted by atomic mass is 32.1. The number of ether oxygens (including phenoxy) is 1. The predicted octanol–water partition coefficient (Wildman–Crippen LogP) is 3.82. The first-order valence-electron chi connectivity index (χ1n) is 8.36. The minimum Gasteiger partial charge on any atom is -0.452 e. The van der Waals surface area contributed by atoms with E-state index >= 15 is 0 Å². The molecule has 1 amide bonds. The van der Waals surface area contributed by atoms with Crippen molar-refractivity contribution in [2.24, 2.45) is 0 Å². The predicted molar refractivity (Wildman–Crippen MR) is 95.6 cm³/mol. The van der Waals surface area contributed by atoms with Gasteiger partial charge in [-0.05, 0) is 43.4 Å². The van der Waals surface area contributed by atoms with Crippen LogP contribution >= 0.6 is 11.3 Å². The fourth-order valence-corrected chi connectivity index (χ4v) is 4.20. The third kappa shape index (κ3) is 3.92. The molecule has 0 saturated carbocycles. The molecule has 1 aliphatic rings. The summed E-state index contributed by atoms with van der Waals surface area (Å²) in [4.78, 5) is 25.1. The van der Waals surface area contributed by atoms with Gasteiger partial charge in [-0.25, -0.2) is 9.18 Å². The van der Waals surface area contributed by atoms with Gasteiger partial charge in [0.1, 0.15) is 16.9 Å². The van der Waals surface area contributed by atoms with Crippen molar-refractivity contribution in [3.05, 3.63) is 51.7 Å². The fraction of sp³-hybridized carbons (Fsp3) is 0.316. The molecule has 1 aliphatic carbocycles. The third-order valence-corrected chi connectivity index (χ3v) is 5.42. The molecule has 0 saturated heterocycles. The van der Waals surface area contributed by atoms with Crippen molar-refractivity contribution in [1.29, 1.82) is 5.26 Å². The molecule has 134 valence electrons. The van der Waals surface area contributed by atoms with Gasteiger partial charge < -0.3 is 10.1 Å². The zero-order chi connectivity index (χ0) is 18.5. The Morgan fingerprint density at radius 1 is 1.23 bits per heavy atom. The molecule has 1 N–H and O–H groups in total. The van der Waals surface area contributed by atoms with Crippen LogP contribution in [0, 0.1) is 17.1 Å². The maximum Gasteiger partial charge on any atom is 0.341 e. The van der Waals surface area contributed by atoms with Crippen molar-refractivity contribution in [2.45, 2.75) is 32.1 Å². The van der Waals surface area contributed by atoms with Crippen molar-refractivity contribution in [3.8, 4) is 6.07 Å². The van der Waals surface area contributed by atoms with Gasteiger partial charge in [0.25, 0.3) is 5.91 Å². The first-order chi connectivity index (χ1) is 12.6. The molecule has 0 bridgehead atoms. The van der Waals surface area contributed by atoms with Gasteiger partial charge in [-0.1, -0.05) is 18.6 Å². The Balaban J connectivity index is 1.65. The van der Waals surface area contributed by atoms with Gasteiger partial charge in [0.05, 0.1) is 11.1 Å². The number of nitriles is 1. The van der Waals surface area contributed by atoms with Gasteiger partial charge in [-0.15, -0.1) is 11.3 Å². The van der Waals surface area contributed by atoms with Crippen LogP contribution in [0.4, 0.5) is 9.39 Å². The number of rotatable bonds is 4. The van der Waals surface area contributed by atoms with Crippen LogP contribution in [0.5, 0.6) is 0 Å². The Bertz CT molecular complexity index is 885. The SMILES string of the molecule is N#Cc1c(NC(=O)COC(=O)c2ccccc2F)sc2c1CCCCC2. The second-order valence-electron chi connectivity index (χ2n) is 5.98. The number of anilines is 1. The lowest BCUT2D eigenvalue weighted by molar-refractivity contribution is -0.119. The molecule has 3 rings (SSSR count). The van der Waals surface area contributed by atoms with Gasteiger partial charge in [0.15, 0.2) is 6.61 Å². The summed E-state index contributed by atoms with van der Waals surface area (Å²) in [6, 6.07) is 7.59. The number of halogens is 1. The Kier molecular flexibility index (Phi) is 5.64. The number of fused-ring (bicyclic) bond motifs is 1. The molecule has 2 aromatic rings. The van der Waals surface area contributed by atoms with Gasteiger partial charge in [0, 0.05) is 4.88 Å². The number of thiophene rings is 1. The molecule has 0 radical (unpaired) electrons. The highest BCUT2D eigenvalue weighted by molar-refractivity contribution is 7.16. The summed E-state index contributed by atoms with van der Waals surface area (Å²) >= 11 is 1.41. The van der Waals surface area contributed by atoms with Crippen LogP contribution in [-0.4, -0.2) is 18.5 Å². The first kappa shape index (κ1) is 18.1. The van der Waals surface area contributed by atoms with Gasteiger partial charge >= 0.3 is 5.97 Å². The van der Waals surface area contributed by atoms with E-state index in [1.807, 2.05) is 0 Å². The zero-order valence-electron chi connectivity index (χ0n) is 14.0. The minimum absolute atomic E-state index is 0.221. The summed E-state index contributed by atoms with van der Waals surface area (Å²) < 4.78 is 18.4. The van der Waals surface area contributed by atoms with Crippen LogP contribution in [0.25, 0.3) is 0 Å². The van der Waals surface area contributed by atoms with E-state index < -0.39 is 24.3 Å². The van der Waals surface area contributed by atoms with E-state index in [2.05, 4.69) is 11.4 Å². The highest BCUT2D eigenvalue weighted by Gasteiger charge is 2.21. The summed E-state index contributed by atoms with van der Waals surface area (Å²) in [5.74, 6) is -2.16. The summed E-state index contributed by atoms with van der Waals surface area (Å²) in [7, 11) is 0. The van der Waals surface area contributed by atoms with Crippen molar-refractivity contribution in [3.63, 3.8) is 0 Å². The Labute approximate surface area is 154 Å². The smallest absolute Gasteiger partial charge is 0.341 e. The number of hydrogen-bond donors (Lipinski definition) is 1. The largest absolute Gasteiger partial charge is 0.452 e. The van der Waals surface area contributed by atoms with Crippen LogP contribution in [0.3, 0.4) is 0 Å².